The summed E-state index contributed by atoms with van der Waals surface area (Å²) in [5, 5.41) is 12.3. The number of phenols is 1. The maximum Gasteiger partial charge on any atom is 0.241 e. The van der Waals surface area contributed by atoms with Gasteiger partial charge in [0.15, 0.2) is 11.5 Å². The minimum absolute atomic E-state index is 0.0352. The minimum Gasteiger partial charge on any atom is -0.504 e. The van der Waals surface area contributed by atoms with Gasteiger partial charge in [-0.05, 0) is 24.1 Å². The van der Waals surface area contributed by atoms with Gasteiger partial charge in [-0.3, -0.25) is 4.79 Å². The molecule has 0 saturated carbocycles. The van der Waals surface area contributed by atoms with Crippen molar-refractivity contribution in [2.24, 2.45) is 5.73 Å². The Hall–Kier alpha value is -2.53. The number of rotatable bonds is 5. The highest BCUT2D eigenvalue weighted by Gasteiger charge is 2.15. The second-order valence-corrected chi connectivity index (χ2v) is 4.67. The average molecular weight is 286 g/mol. The molecule has 2 aromatic rings. The molecule has 1 atom stereocenters. The van der Waals surface area contributed by atoms with E-state index in [2.05, 4.69) is 5.32 Å². The summed E-state index contributed by atoms with van der Waals surface area (Å²) in [7, 11) is 1.46. The number of hydrogen-bond donors (Lipinski definition) is 3. The van der Waals surface area contributed by atoms with Gasteiger partial charge in [-0.1, -0.05) is 30.3 Å². The number of carbonyl (C=O) groups is 1. The number of phenolic OH excluding ortho intramolecular Hbond substituents is 1. The first-order valence-corrected chi connectivity index (χ1v) is 6.57. The number of carbonyl (C=O) groups excluding carboxylic acids is 1. The number of nitrogens with two attached hydrogens (primary N) is 1. The molecule has 2 aromatic carbocycles. The zero-order valence-corrected chi connectivity index (χ0v) is 11.7. The summed E-state index contributed by atoms with van der Waals surface area (Å²) in [6.07, 6.45) is 0.453. The van der Waals surface area contributed by atoms with Gasteiger partial charge in [-0.25, -0.2) is 0 Å². The molecule has 0 aliphatic heterocycles. The fraction of sp³-hybridized carbons (Fsp3) is 0.188. The van der Waals surface area contributed by atoms with Crippen molar-refractivity contribution in [1.29, 1.82) is 0 Å². The quantitative estimate of drug-likeness (QED) is 0.784. The third kappa shape index (κ3) is 3.97. The van der Waals surface area contributed by atoms with Crippen molar-refractivity contribution in [1.82, 2.24) is 0 Å². The van der Waals surface area contributed by atoms with E-state index in [1.165, 1.54) is 13.2 Å². The Balaban J connectivity index is 1.99. The minimum atomic E-state index is -0.656. The zero-order valence-electron chi connectivity index (χ0n) is 11.7. The Morgan fingerprint density at radius 2 is 2.00 bits per heavy atom. The van der Waals surface area contributed by atoms with Gasteiger partial charge in [0.1, 0.15) is 0 Å². The first-order chi connectivity index (χ1) is 10.1. The molecule has 0 aliphatic carbocycles. The van der Waals surface area contributed by atoms with Crippen molar-refractivity contribution < 1.29 is 14.6 Å². The number of nitrogens with one attached hydrogen (secondary N) is 1. The Bertz CT molecular complexity index is 614. The van der Waals surface area contributed by atoms with E-state index in [0.29, 0.717) is 17.9 Å². The molecule has 5 heteroatoms. The van der Waals surface area contributed by atoms with Crippen LogP contribution in [0.3, 0.4) is 0 Å². The van der Waals surface area contributed by atoms with Crippen LogP contribution in [0.25, 0.3) is 0 Å². The summed E-state index contributed by atoms with van der Waals surface area (Å²) in [6.45, 7) is 0. The molecule has 110 valence electrons. The van der Waals surface area contributed by atoms with Gasteiger partial charge in [0.2, 0.25) is 5.91 Å². The Morgan fingerprint density at radius 3 is 2.62 bits per heavy atom. The zero-order chi connectivity index (χ0) is 15.2. The maximum absolute atomic E-state index is 12.0. The van der Waals surface area contributed by atoms with Crippen LogP contribution in [0.5, 0.6) is 11.5 Å². The molecule has 1 amide bonds. The molecule has 4 N–H and O–H groups in total. The van der Waals surface area contributed by atoms with Gasteiger partial charge in [0, 0.05) is 11.8 Å². The summed E-state index contributed by atoms with van der Waals surface area (Å²) in [4.78, 5) is 12.0. The summed E-state index contributed by atoms with van der Waals surface area (Å²) >= 11 is 0. The molecule has 0 spiro atoms. The molecule has 0 heterocycles. The molecular formula is C16H18N2O3. The third-order valence-corrected chi connectivity index (χ3v) is 3.08. The lowest BCUT2D eigenvalue weighted by atomic mass is 10.1. The van der Waals surface area contributed by atoms with Crippen molar-refractivity contribution in [2.45, 2.75) is 12.5 Å². The molecule has 21 heavy (non-hydrogen) atoms. The molecule has 1 unspecified atom stereocenters. The standard InChI is InChI=1S/C16H18N2O3/c1-21-15-8-7-12(10-14(15)19)18-16(20)13(17)9-11-5-3-2-4-6-11/h2-8,10,13,19H,9,17H2,1H3,(H,18,20). The van der Waals surface area contributed by atoms with E-state index in [1.807, 2.05) is 30.3 Å². The Morgan fingerprint density at radius 1 is 1.29 bits per heavy atom. The van der Waals surface area contributed by atoms with Gasteiger partial charge < -0.3 is 20.9 Å². The number of ether oxygens (including phenoxy) is 1. The summed E-state index contributed by atoms with van der Waals surface area (Å²) in [5.74, 6) is 0.0110. The molecule has 5 nitrogen and oxygen atoms in total. The second-order valence-electron chi connectivity index (χ2n) is 4.67. The predicted octanol–water partition coefficient (Wildman–Crippen LogP) is 1.91. The van der Waals surface area contributed by atoms with E-state index in [4.69, 9.17) is 10.5 Å². The monoisotopic (exact) mass is 286 g/mol. The van der Waals surface area contributed by atoms with Crippen LogP contribution in [-0.4, -0.2) is 24.2 Å². The van der Waals surface area contributed by atoms with E-state index in [0.717, 1.165) is 5.56 Å². The fourth-order valence-electron chi connectivity index (χ4n) is 1.96. The van der Waals surface area contributed by atoms with Crippen LogP contribution in [0.2, 0.25) is 0 Å². The van der Waals surface area contributed by atoms with Gasteiger partial charge in [0.05, 0.1) is 13.2 Å². The highest BCUT2D eigenvalue weighted by atomic mass is 16.5. The summed E-state index contributed by atoms with van der Waals surface area (Å²) in [6, 6.07) is 13.6. The van der Waals surface area contributed by atoms with Crippen molar-refractivity contribution in [3.8, 4) is 11.5 Å². The average Bonchev–Trinajstić information content (AvgIpc) is 2.48. The number of methoxy groups -OCH3 is 1. The van der Waals surface area contributed by atoms with Crippen LogP contribution in [0, 0.1) is 0 Å². The number of amides is 1. The highest BCUT2D eigenvalue weighted by molar-refractivity contribution is 5.95. The van der Waals surface area contributed by atoms with E-state index < -0.39 is 6.04 Å². The summed E-state index contributed by atoms with van der Waals surface area (Å²) in [5.41, 5.74) is 7.36. The second kappa shape index (κ2) is 6.76. The topological polar surface area (TPSA) is 84.6 Å². The van der Waals surface area contributed by atoms with Crippen LogP contribution in [0.1, 0.15) is 5.56 Å². The lowest BCUT2D eigenvalue weighted by Crippen LogP contribution is -2.37. The molecule has 0 aromatic heterocycles. The van der Waals surface area contributed by atoms with Crippen molar-refractivity contribution in [3.63, 3.8) is 0 Å². The van der Waals surface area contributed by atoms with E-state index in [9.17, 15) is 9.90 Å². The molecular weight excluding hydrogens is 268 g/mol. The van der Waals surface area contributed by atoms with Crippen LogP contribution in [0.4, 0.5) is 5.69 Å². The lowest BCUT2D eigenvalue weighted by Gasteiger charge is -2.13. The van der Waals surface area contributed by atoms with Crippen LogP contribution < -0.4 is 15.8 Å². The molecule has 0 aliphatic rings. The normalized spacial score (nSPS) is 11.7. The van der Waals surface area contributed by atoms with Crippen molar-refractivity contribution in [2.75, 3.05) is 12.4 Å². The largest absolute Gasteiger partial charge is 0.504 e. The number of benzene rings is 2. The van der Waals surface area contributed by atoms with Gasteiger partial charge in [-0.15, -0.1) is 0 Å². The van der Waals surface area contributed by atoms with E-state index in [1.54, 1.807) is 12.1 Å². The molecule has 0 saturated heterocycles. The molecule has 0 fully saturated rings. The van der Waals surface area contributed by atoms with Gasteiger partial charge in [-0.2, -0.15) is 0 Å². The summed E-state index contributed by atoms with van der Waals surface area (Å²) < 4.78 is 4.94. The van der Waals surface area contributed by atoms with E-state index >= 15 is 0 Å². The first kappa shape index (κ1) is 14.9. The van der Waals surface area contributed by atoms with E-state index in [-0.39, 0.29) is 11.7 Å². The van der Waals surface area contributed by atoms with Crippen LogP contribution >= 0.6 is 0 Å². The fourth-order valence-corrected chi connectivity index (χ4v) is 1.96. The predicted molar refractivity (Wildman–Crippen MR) is 81.4 cm³/mol. The number of anilines is 1. The van der Waals surface area contributed by atoms with Gasteiger partial charge >= 0.3 is 0 Å². The third-order valence-electron chi connectivity index (χ3n) is 3.08. The molecule has 0 radical (unpaired) electrons. The molecule has 2 rings (SSSR count). The first-order valence-electron chi connectivity index (χ1n) is 6.57. The highest BCUT2D eigenvalue weighted by Crippen LogP contribution is 2.28. The van der Waals surface area contributed by atoms with Crippen LogP contribution in [-0.2, 0) is 11.2 Å². The number of aromatic hydroxyl groups is 1. The Kier molecular flexibility index (Phi) is 4.79. The maximum atomic E-state index is 12.0. The van der Waals surface area contributed by atoms with Crippen molar-refractivity contribution in [3.05, 3.63) is 54.1 Å². The smallest absolute Gasteiger partial charge is 0.241 e. The van der Waals surface area contributed by atoms with Gasteiger partial charge in [0.25, 0.3) is 0 Å². The van der Waals surface area contributed by atoms with Crippen molar-refractivity contribution >= 4 is 11.6 Å². The molecule has 0 bridgehead atoms. The van der Waals surface area contributed by atoms with Crippen LogP contribution in [0.15, 0.2) is 48.5 Å². The Labute approximate surface area is 123 Å². The number of hydrogen-bond acceptors (Lipinski definition) is 4. The lowest BCUT2D eigenvalue weighted by molar-refractivity contribution is -0.117. The SMILES string of the molecule is COc1ccc(NC(=O)C(N)Cc2ccccc2)cc1O.